The van der Waals surface area contributed by atoms with Crippen molar-refractivity contribution in [1.82, 2.24) is 10.2 Å². The first-order valence-corrected chi connectivity index (χ1v) is 6.59. The summed E-state index contributed by atoms with van der Waals surface area (Å²) >= 11 is 2.02. The van der Waals surface area contributed by atoms with Gasteiger partial charge in [0, 0.05) is 30.1 Å². The highest BCUT2D eigenvalue weighted by molar-refractivity contribution is 8.03. The molecular formula is C11H18N2S. The summed E-state index contributed by atoms with van der Waals surface area (Å²) in [5.74, 6) is 3.02. The smallest absolute Gasteiger partial charge is 0.0674 e. The summed E-state index contributed by atoms with van der Waals surface area (Å²) in [6.45, 7) is 1.27. The fraction of sp³-hybridized carbons (Fsp3) is 0.818. The molecule has 78 valence electrons. The van der Waals surface area contributed by atoms with Gasteiger partial charge in [-0.3, -0.25) is 0 Å². The molecule has 1 aliphatic heterocycles. The Balaban J connectivity index is 1.45. The van der Waals surface area contributed by atoms with Crippen LogP contribution < -0.4 is 5.32 Å². The quantitative estimate of drug-likeness (QED) is 0.762. The molecule has 3 rings (SSSR count). The number of hydrogen-bond donors (Lipinski definition) is 1. The number of rotatable bonds is 4. The summed E-state index contributed by atoms with van der Waals surface area (Å²) in [5.41, 5.74) is 0. The molecule has 3 heteroatoms. The lowest BCUT2D eigenvalue weighted by Gasteiger charge is -2.02. The van der Waals surface area contributed by atoms with Crippen LogP contribution in [-0.2, 0) is 0 Å². The Morgan fingerprint density at radius 1 is 1.57 bits per heavy atom. The number of nitrogens with one attached hydrogen (secondary N) is 1. The molecule has 2 aliphatic carbocycles. The van der Waals surface area contributed by atoms with Crippen LogP contribution in [0, 0.1) is 11.8 Å². The Hall–Kier alpha value is -0.150. The molecule has 0 aromatic heterocycles. The van der Waals surface area contributed by atoms with Crippen LogP contribution in [0.4, 0.5) is 0 Å². The van der Waals surface area contributed by atoms with Gasteiger partial charge in [0.2, 0.25) is 0 Å². The molecular weight excluding hydrogens is 192 g/mol. The van der Waals surface area contributed by atoms with Crippen molar-refractivity contribution in [2.45, 2.75) is 25.3 Å². The van der Waals surface area contributed by atoms with Gasteiger partial charge in [0.05, 0.1) is 5.88 Å². The molecule has 2 nitrogen and oxygen atoms in total. The van der Waals surface area contributed by atoms with Gasteiger partial charge in [-0.2, -0.15) is 0 Å². The van der Waals surface area contributed by atoms with E-state index in [4.69, 9.17) is 0 Å². The van der Waals surface area contributed by atoms with Crippen LogP contribution in [0.25, 0.3) is 0 Å². The zero-order chi connectivity index (χ0) is 9.54. The average molecular weight is 210 g/mol. The third-order valence-corrected chi connectivity index (χ3v) is 4.58. The van der Waals surface area contributed by atoms with Crippen LogP contribution in [-0.4, -0.2) is 30.4 Å². The van der Waals surface area contributed by atoms with Gasteiger partial charge < -0.3 is 10.2 Å². The minimum atomic E-state index is 0.806. The van der Waals surface area contributed by atoms with Crippen molar-refractivity contribution in [2.75, 3.05) is 19.5 Å². The van der Waals surface area contributed by atoms with Crippen LogP contribution >= 0.6 is 11.8 Å². The summed E-state index contributed by atoms with van der Waals surface area (Å²) in [6, 6.07) is 0.806. The van der Waals surface area contributed by atoms with Crippen molar-refractivity contribution in [3.8, 4) is 0 Å². The maximum atomic E-state index is 3.69. The third kappa shape index (κ3) is 1.94. The Labute approximate surface area is 90.1 Å². The highest BCUT2D eigenvalue weighted by atomic mass is 32.2. The van der Waals surface area contributed by atoms with Gasteiger partial charge in [-0.1, -0.05) is 0 Å². The van der Waals surface area contributed by atoms with Crippen LogP contribution in [0.2, 0.25) is 0 Å². The Morgan fingerprint density at radius 2 is 2.43 bits per heavy atom. The molecule has 0 aromatic rings. The SMILES string of the molecule is CN1C=C(C2CC2NCC2CC2)SC1. The summed E-state index contributed by atoms with van der Waals surface area (Å²) in [4.78, 5) is 3.90. The Kier molecular flexibility index (Phi) is 2.25. The zero-order valence-corrected chi connectivity index (χ0v) is 9.52. The van der Waals surface area contributed by atoms with E-state index in [1.54, 1.807) is 4.91 Å². The van der Waals surface area contributed by atoms with E-state index in [0.717, 1.165) is 23.8 Å². The molecule has 2 fully saturated rings. The molecule has 3 aliphatic rings. The average Bonchev–Trinajstić information content (AvgIpc) is 3.06. The lowest BCUT2D eigenvalue weighted by Crippen LogP contribution is -2.20. The Morgan fingerprint density at radius 3 is 3.07 bits per heavy atom. The lowest BCUT2D eigenvalue weighted by atomic mass is 10.3. The Bertz CT molecular complexity index is 260. The first kappa shape index (κ1) is 9.10. The van der Waals surface area contributed by atoms with E-state index >= 15 is 0 Å². The third-order valence-electron chi connectivity index (χ3n) is 3.30. The van der Waals surface area contributed by atoms with Gasteiger partial charge in [0.1, 0.15) is 0 Å². The van der Waals surface area contributed by atoms with E-state index in [-0.39, 0.29) is 0 Å². The minimum Gasteiger partial charge on any atom is -0.370 e. The van der Waals surface area contributed by atoms with Crippen molar-refractivity contribution in [3.63, 3.8) is 0 Å². The first-order valence-electron chi connectivity index (χ1n) is 5.61. The van der Waals surface area contributed by atoms with E-state index in [1.807, 2.05) is 11.8 Å². The molecule has 2 saturated carbocycles. The molecule has 0 aromatic carbocycles. The normalized spacial score (nSPS) is 36.1. The molecule has 0 amide bonds. The first-order chi connectivity index (χ1) is 6.83. The molecule has 1 N–H and O–H groups in total. The van der Waals surface area contributed by atoms with Crippen LogP contribution in [0.1, 0.15) is 19.3 Å². The van der Waals surface area contributed by atoms with Crippen LogP contribution in [0.5, 0.6) is 0 Å². The predicted octanol–water partition coefficient (Wildman–Crippen LogP) is 1.85. The monoisotopic (exact) mass is 210 g/mol. The molecule has 1 heterocycles. The maximum Gasteiger partial charge on any atom is 0.0674 e. The fourth-order valence-corrected chi connectivity index (χ4v) is 3.20. The van der Waals surface area contributed by atoms with E-state index in [2.05, 4.69) is 23.5 Å². The number of thioether (sulfide) groups is 1. The van der Waals surface area contributed by atoms with Gasteiger partial charge in [0.25, 0.3) is 0 Å². The summed E-state index contributed by atoms with van der Waals surface area (Å²) < 4.78 is 0. The van der Waals surface area contributed by atoms with Gasteiger partial charge in [0.15, 0.2) is 0 Å². The van der Waals surface area contributed by atoms with Gasteiger partial charge in [-0.15, -0.1) is 11.8 Å². The molecule has 2 atom stereocenters. The second kappa shape index (κ2) is 3.46. The summed E-state index contributed by atoms with van der Waals surface area (Å²) in [7, 11) is 2.16. The summed E-state index contributed by atoms with van der Waals surface area (Å²) in [6.07, 6.45) is 6.63. The fourth-order valence-electron chi connectivity index (χ4n) is 2.05. The van der Waals surface area contributed by atoms with Crippen LogP contribution in [0.15, 0.2) is 11.1 Å². The largest absolute Gasteiger partial charge is 0.370 e. The topological polar surface area (TPSA) is 15.3 Å². The second-order valence-corrected chi connectivity index (χ2v) is 5.88. The molecule has 2 unspecified atom stereocenters. The molecule has 0 saturated heterocycles. The molecule has 0 spiro atoms. The highest BCUT2D eigenvalue weighted by Crippen LogP contribution is 2.45. The van der Waals surface area contributed by atoms with Crippen molar-refractivity contribution in [1.29, 1.82) is 0 Å². The molecule has 14 heavy (non-hydrogen) atoms. The predicted molar refractivity (Wildman–Crippen MR) is 60.9 cm³/mol. The van der Waals surface area contributed by atoms with E-state index in [0.29, 0.717) is 0 Å². The van der Waals surface area contributed by atoms with Crippen molar-refractivity contribution < 1.29 is 0 Å². The van der Waals surface area contributed by atoms with Crippen molar-refractivity contribution >= 4 is 11.8 Å². The van der Waals surface area contributed by atoms with Gasteiger partial charge >= 0.3 is 0 Å². The molecule has 0 bridgehead atoms. The van der Waals surface area contributed by atoms with Crippen LogP contribution in [0.3, 0.4) is 0 Å². The lowest BCUT2D eigenvalue weighted by molar-refractivity contribution is 0.547. The minimum absolute atomic E-state index is 0.806. The summed E-state index contributed by atoms with van der Waals surface area (Å²) in [5, 5.41) is 3.69. The van der Waals surface area contributed by atoms with E-state index in [9.17, 15) is 0 Å². The van der Waals surface area contributed by atoms with Crippen molar-refractivity contribution in [2.24, 2.45) is 11.8 Å². The molecule has 0 radical (unpaired) electrons. The zero-order valence-electron chi connectivity index (χ0n) is 8.70. The van der Waals surface area contributed by atoms with E-state index < -0.39 is 0 Å². The second-order valence-electron chi connectivity index (χ2n) is 4.86. The highest BCUT2D eigenvalue weighted by Gasteiger charge is 2.41. The standard InChI is InChI=1S/C11H18N2S/c1-13-6-11(14-7-13)9-4-10(9)12-5-8-2-3-8/h6,8-10,12H,2-5,7H2,1H3. The van der Waals surface area contributed by atoms with E-state index in [1.165, 1.54) is 25.8 Å². The van der Waals surface area contributed by atoms with Gasteiger partial charge in [-0.05, 0) is 31.7 Å². The number of hydrogen-bond acceptors (Lipinski definition) is 3. The van der Waals surface area contributed by atoms with Gasteiger partial charge in [-0.25, -0.2) is 0 Å². The van der Waals surface area contributed by atoms with Crippen molar-refractivity contribution in [3.05, 3.63) is 11.1 Å². The maximum absolute atomic E-state index is 3.69. The number of nitrogens with zero attached hydrogens (tertiary/aromatic N) is 1.